The molecule has 3 heterocycles. The molecule has 8 nitrogen and oxygen atoms in total. The van der Waals surface area contributed by atoms with Crippen LogP contribution in [0.1, 0.15) is 31.7 Å². The monoisotopic (exact) mass is 436 g/mol. The lowest BCUT2D eigenvalue weighted by Crippen LogP contribution is -2.32. The lowest BCUT2D eigenvalue weighted by Gasteiger charge is -2.17. The molecule has 1 aromatic carbocycles. The number of carbonyl (C=O) groups is 2. The molecule has 0 bridgehead atoms. The van der Waals surface area contributed by atoms with Gasteiger partial charge < -0.3 is 5.32 Å². The summed E-state index contributed by atoms with van der Waals surface area (Å²) in [5.41, 5.74) is 3.13. The van der Waals surface area contributed by atoms with Gasteiger partial charge in [0.2, 0.25) is 5.91 Å². The fourth-order valence-electron chi connectivity index (χ4n) is 3.51. The summed E-state index contributed by atoms with van der Waals surface area (Å²) < 4.78 is 2.07. The summed E-state index contributed by atoms with van der Waals surface area (Å²) in [5, 5.41) is 12.2. The first-order valence-electron chi connectivity index (χ1n) is 10.2. The van der Waals surface area contributed by atoms with Gasteiger partial charge in [-0.3, -0.25) is 19.2 Å². The zero-order valence-electron chi connectivity index (χ0n) is 17.5. The minimum Gasteiger partial charge on any atom is -0.329 e. The average molecular weight is 437 g/mol. The highest BCUT2D eigenvalue weighted by Crippen LogP contribution is 2.32. The fraction of sp³-hybridized carbons (Fsp3) is 0.318. The average Bonchev–Trinajstić information content (AvgIpc) is 3.35. The maximum absolute atomic E-state index is 11.8. The summed E-state index contributed by atoms with van der Waals surface area (Å²) in [6, 6.07) is 11.8. The molecule has 0 atom stereocenters. The lowest BCUT2D eigenvalue weighted by atomic mass is 10.0. The molecule has 9 heteroatoms. The number of carbonyl (C=O) groups excluding carboxylic acids is 2. The van der Waals surface area contributed by atoms with E-state index in [2.05, 4.69) is 51.0 Å². The fourth-order valence-corrected chi connectivity index (χ4v) is 4.38. The van der Waals surface area contributed by atoms with Crippen LogP contribution in [0.2, 0.25) is 0 Å². The number of hydrogen-bond donors (Lipinski definition) is 1. The van der Waals surface area contributed by atoms with Crippen LogP contribution in [0.25, 0.3) is 17.1 Å². The number of para-hydroxylation sites is 1. The van der Waals surface area contributed by atoms with Crippen LogP contribution in [-0.4, -0.2) is 55.4 Å². The van der Waals surface area contributed by atoms with E-state index in [-0.39, 0.29) is 18.5 Å². The van der Waals surface area contributed by atoms with Crippen molar-refractivity contribution in [3.8, 4) is 17.1 Å². The Morgan fingerprint density at radius 2 is 1.97 bits per heavy atom. The van der Waals surface area contributed by atoms with Gasteiger partial charge >= 0.3 is 6.03 Å². The molecule has 3 aromatic rings. The Kier molecular flexibility index (Phi) is 6.31. The molecule has 0 aliphatic carbocycles. The summed E-state index contributed by atoms with van der Waals surface area (Å²) in [6.07, 6.45) is 4.19. The van der Waals surface area contributed by atoms with Crippen molar-refractivity contribution < 1.29 is 9.59 Å². The highest BCUT2D eigenvalue weighted by molar-refractivity contribution is 7.99. The van der Waals surface area contributed by atoms with Gasteiger partial charge in [0.25, 0.3) is 0 Å². The summed E-state index contributed by atoms with van der Waals surface area (Å²) >= 11 is 1.56. The molecule has 160 valence electrons. The molecular weight excluding hydrogens is 412 g/mol. The topological polar surface area (TPSA) is 93.0 Å². The number of imide groups is 1. The zero-order valence-corrected chi connectivity index (χ0v) is 18.3. The molecule has 0 spiro atoms. The van der Waals surface area contributed by atoms with E-state index in [1.165, 1.54) is 10.5 Å². The van der Waals surface area contributed by atoms with Crippen molar-refractivity contribution in [2.24, 2.45) is 0 Å². The van der Waals surface area contributed by atoms with Gasteiger partial charge in [0.05, 0.1) is 12.2 Å². The van der Waals surface area contributed by atoms with Crippen LogP contribution in [0.5, 0.6) is 0 Å². The van der Waals surface area contributed by atoms with Gasteiger partial charge in [0, 0.05) is 30.3 Å². The number of hydrogen-bond acceptors (Lipinski definition) is 6. The molecule has 4 rings (SSSR count). The Hall–Kier alpha value is -3.20. The highest BCUT2D eigenvalue weighted by Gasteiger charge is 2.27. The van der Waals surface area contributed by atoms with Crippen LogP contribution in [0.3, 0.4) is 0 Å². The molecular formula is C22H24N6O2S. The molecule has 1 aliphatic heterocycles. The predicted octanol–water partition coefficient (Wildman–Crippen LogP) is 3.49. The number of benzene rings is 1. The van der Waals surface area contributed by atoms with Gasteiger partial charge in [0.15, 0.2) is 11.0 Å². The van der Waals surface area contributed by atoms with Crippen molar-refractivity contribution in [3.63, 3.8) is 0 Å². The molecule has 1 aliphatic rings. The Morgan fingerprint density at radius 3 is 2.68 bits per heavy atom. The molecule has 1 N–H and O–H groups in total. The van der Waals surface area contributed by atoms with Crippen molar-refractivity contribution in [1.29, 1.82) is 0 Å². The number of thioether (sulfide) groups is 1. The molecule has 0 radical (unpaired) electrons. The van der Waals surface area contributed by atoms with E-state index < -0.39 is 0 Å². The van der Waals surface area contributed by atoms with Crippen LogP contribution in [0, 0.1) is 0 Å². The van der Waals surface area contributed by atoms with E-state index in [1.54, 1.807) is 24.2 Å². The SMILES string of the molecule is CC(C)c1ccccc1-n1c(SCCCN2C(=O)CNC2=O)nnc1-c1cccnc1. The smallest absolute Gasteiger partial charge is 0.324 e. The van der Waals surface area contributed by atoms with Crippen molar-refractivity contribution in [1.82, 2.24) is 30.0 Å². The van der Waals surface area contributed by atoms with E-state index in [0.717, 1.165) is 22.2 Å². The molecule has 0 unspecified atom stereocenters. The maximum atomic E-state index is 11.8. The van der Waals surface area contributed by atoms with Gasteiger partial charge in [-0.15, -0.1) is 10.2 Å². The summed E-state index contributed by atoms with van der Waals surface area (Å²) in [6.45, 7) is 4.81. The molecule has 2 aromatic heterocycles. The Balaban J connectivity index is 1.60. The first kappa shape index (κ1) is 21.0. The number of urea groups is 1. The summed E-state index contributed by atoms with van der Waals surface area (Å²) in [7, 11) is 0. The van der Waals surface area contributed by atoms with Crippen molar-refractivity contribution in [3.05, 3.63) is 54.4 Å². The standard InChI is InChI=1S/C22H24N6O2S/c1-15(2)17-8-3-4-9-18(17)28-20(16-7-5-10-23-13-16)25-26-22(28)31-12-6-11-27-19(29)14-24-21(27)30/h3-5,7-10,13,15H,6,11-12,14H2,1-2H3,(H,24,30). The number of nitrogens with zero attached hydrogens (tertiary/aromatic N) is 5. The number of rotatable bonds is 8. The molecule has 1 saturated heterocycles. The van der Waals surface area contributed by atoms with Crippen LogP contribution in [0.15, 0.2) is 53.9 Å². The maximum Gasteiger partial charge on any atom is 0.324 e. The van der Waals surface area contributed by atoms with Crippen LogP contribution in [0.4, 0.5) is 4.79 Å². The molecule has 3 amide bonds. The Bertz CT molecular complexity index is 1070. The van der Waals surface area contributed by atoms with E-state index in [1.807, 2.05) is 24.3 Å². The van der Waals surface area contributed by atoms with Gasteiger partial charge in [-0.05, 0) is 36.1 Å². The second-order valence-corrected chi connectivity index (χ2v) is 8.56. The van der Waals surface area contributed by atoms with E-state index in [9.17, 15) is 9.59 Å². The highest BCUT2D eigenvalue weighted by atomic mass is 32.2. The van der Waals surface area contributed by atoms with Gasteiger partial charge in [0.1, 0.15) is 0 Å². The van der Waals surface area contributed by atoms with E-state index in [4.69, 9.17) is 0 Å². The predicted molar refractivity (Wildman–Crippen MR) is 119 cm³/mol. The number of amides is 3. The quantitative estimate of drug-likeness (QED) is 0.330. The van der Waals surface area contributed by atoms with Gasteiger partial charge in [-0.2, -0.15) is 0 Å². The summed E-state index contributed by atoms with van der Waals surface area (Å²) in [5.74, 6) is 1.59. The second-order valence-electron chi connectivity index (χ2n) is 7.50. The summed E-state index contributed by atoms with van der Waals surface area (Å²) in [4.78, 5) is 29.0. The second kappa shape index (κ2) is 9.30. The minimum absolute atomic E-state index is 0.0841. The third-order valence-corrected chi connectivity index (χ3v) is 6.06. The Morgan fingerprint density at radius 1 is 1.13 bits per heavy atom. The van der Waals surface area contributed by atoms with E-state index >= 15 is 0 Å². The molecule has 1 fully saturated rings. The van der Waals surface area contributed by atoms with Crippen LogP contribution >= 0.6 is 11.8 Å². The number of pyridine rings is 1. The van der Waals surface area contributed by atoms with Crippen LogP contribution in [-0.2, 0) is 4.79 Å². The van der Waals surface area contributed by atoms with Crippen LogP contribution < -0.4 is 5.32 Å². The van der Waals surface area contributed by atoms with Gasteiger partial charge in [-0.1, -0.05) is 43.8 Å². The minimum atomic E-state index is -0.317. The molecule has 0 saturated carbocycles. The molecule has 31 heavy (non-hydrogen) atoms. The first-order valence-corrected chi connectivity index (χ1v) is 11.2. The lowest BCUT2D eigenvalue weighted by molar-refractivity contribution is -0.124. The third kappa shape index (κ3) is 4.46. The third-order valence-electron chi connectivity index (χ3n) is 5.05. The number of nitrogens with one attached hydrogen (secondary N) is 1. The number of aromatic nitrogens is 4. The van der Waals surface area contributed by atoms with E-state index in [0.29, 0.717) is 24.6 Å². The first-order chi connectivity index (χ1) is 15.1. The normalized spacial score (nSPS) is 13.8. The van der Waals surface area contributed by atoms with Gasteiger partial charge in [-0.25, -0.2) is 4.79 Å². The zero-order chi connectivity index (χ0) is 21.8. The van der Waals surface area contributed by atoms with Crippen molar-refractivity contribution >= 4 is 23.7 Å². The van der Waals surface area contributed by atoms with Crippen molar-refractivity contribution in [2.75, 3.05) is 18.8 Å². The largest absolute Gasteiger partial charge is 0.329 e. The Labute approximate surface area is 185 Å². The van der Waals surface area contributed by atoms with Crippen molar-refractivity contribution in [2.45, 2.75) is 31.3 Å².